The van der Waals surface area contributed by atoms with E-state index >= 15 is 0 Å². The minimum absolute atomic E-state index is 0.0914. The first-order valence-corrected chi connectivity index (χ1v) is 10.7. The van der Waals surface area contributed by atoms with Crippen molar-refractivity contribution >= 4 is 17.5 Å². The number of carbonyl (C=O) groups is 1. The maximum Gasteiger partial charge on any atom is 0.433 e. The summed E-state index contributed by atoms with van der Waals surface area (Å²) in [6.07, 6.45) is -7.76. The molecule has 0 bridgehead atoms. The Morgan fingerprint density at radius 2 is 1.74 bits per heavy atom. The van der Waals surface area contributed by atoms with E-state index in [2.05, 4.69) is 20.3 Å². The lowest BCUT2D eigenvalue weighted by molar-refractivity contribution is -0.270. The maximum atomic E-state index is 13.7. The van der Waals surface area contributed by atoms with Crippen molar-refractivity contribution in [2.45, 2.75) is 62.0 Å². The summed E-state index contributed by atoms with van der Waals surface area (Å²) < 4.78 is 82.5. The third kappa shape index (κ3) is 3.87. The third-order valence-corrected chi connectivity index (χ3v) is 6.47. The molecule has 2 fully saturated rings. The summed E-state index contributed by atoms with van der Waals surface area (Å²) in [4.78, 5) is 25.2. The molecule has 4 heterocycles. The molecule has 0 aromatic carbocycles. The Morgan fingerprint density at radius 3 is 2.32 bits per heavy atom. The molecule has 184 valence electrons. The van der Waals surface area contributed by atoms with Gasteiger partial charge in [-0.3, -0.25) is 4.79 Å². The Kier molecular flexibility index (Phi) is 5.08. The van der Waals surface area contributed by atoms with Crippen LogP contribution in [-0.4, -0.2) is 49.8 Å². The SMILES string of the molecule is O=C1CC(O)(C(F)(F)F)c2c(ncn2C2CCN(c3cc(C(F)(F)F)nc(C4CC4)n3)CC2)N1. The maximum absolute atomic E-state index is 13.7. The van der Waals surface area contributed by atoms with E-state index in [9.17, 15) is 36.2 Å². The molecule has 8 nitrogen and oxygen atoms in total. The zero-order valence-electron chi connectivity index (χ0n) is 17.6. The van der Waals surface area contributed by atoms with Gasteiger partial charge in [-0.1, -0.05) is 0 Å². The molecule has 3 aliphatic rings. The quantitative estimate of drug-likeness (QED) is 0.640. The number of halogens is 6. The van der Waals surface area contributed by atoms with Crippen LogP contribution in [0.5, 0.6) is 0 Å². The monoisotopic (exact) mass is 490 g/mol. The van der Waals surface area contributed by atoms with Crippen molar-refractivity contribution < 1.29 is 36.2 Å². The van der Waals surface area contributed by atoms with Crippen molar-refractivity contribution in [2.24, 2.45) is 0 Å². The Bertz CT molecular complexity index is 1120. The number of hydrogen-bond acceptors (Lipinski definition) is 6. The number of imidazole rings is 1. The zero-order valence-corrected chi connectivity index (χ0v) is 17.6. The lowest BCUT2D eigenvalue weighted by Gasteiger charge is -2.38. The summed E-state index contributed by atoms with van der Waals surface area (Å²) in [5, 5.41) is 12.7. The first kappa shape index (κ1) is 22.9. The van der Waals surface area contributed by atoms with Gasteiger partial charge in [-0.05, 0) is 25.7 Å². The van der Waals surface area contributed by atoms with Crippen LogP contribution in [0.3, 0.4) is 0 Å². The van der Waals surface area contributed by atoms with Gasteiger partial charge in [0.25, 0.3) is 0 Å². The molecule has 1 saturated heterocycles. The molecule has 1 saturated carbocycles. The largest absolute Gasteiger partial charge is 0.433 e. The van der Waals surface area contributed by atoms with Crippen LogP contribution in [-0.2, 0) is 16.6 Å². The van der Waals surface area contributed by atoms with Gasteiger partial charge in [-0.2, -0.15) is 26.3 Å². The zero-order chi connectivity index (χ0) is 24.5. The summed E-state index contributed by atoms with van der Waals surface area (Å²) in [5.41, 5.74) is -4.93. The Balaban J connectivity index is 1.40. The van der Waals surface area contributed by atoms with Gasteiger partial charge in [0.15, 0.2) is 5.82 Å². The molecule has 34 heavy (non-hydrogen) atoms. The number of hydrogen-bond donors (Lipinski definition) is 2. The number of nitrogens with one attached hydrogen (secondary N) is 1. The second-order valence-electron chi connectivity index (χ2n) is 8.89. The highest BCUT2D eigenvalue weighted by Gasteiger charge is 2.61. The van der Waals surface area contributed by atoms with Gasteiger partial charge in [0, 0.05) is 31.1 Å². The average molecular weight is 490 g/mol. The number of amides is 1. The fourth-order valence-electron chi connectivity index (χ4n) is 4.52. The first-order valence-electron chi connectivity index (χ1n) is 10.7. The molecule has 14 heteroatoms. The molecule has 0 radical (unpaired) electrons. The predicted octanol–water partition coefficient (Wildman–Crippen LogP) is 3.50. The highest BCUT2D eigenvalue weighted by atomic mass is 19.4. The number of fused-ring (bicyclic) bond motifs is 1. The highest BCUT2D eigenvalue weighted by Crippen LogP contribution is 2.48. The topological polar surface area (TPSA) is 96.2 Å². The first-order chi connectivity index (χ1) is 15.9. The molecule has 1 unspecified atom stereocenters. The Morgan fingerprint density at radius 1 is 1.06 bits per heavy atom. The fourth-order valence-corrected chi connectivity index (χ4v) is 4.52. The summed E-state index contributed by atoms with van der Waals surface area (Å²) >= 11 is 0. The number of rotatable bonds is 3. The number of carbonyl (C=O) groups excluding carboxylic acids is 1. The van der Waals surface area contributed by atoms with E-state index < -0.39 is 47.7 Å². The Hall–Kier alpha value is -2.90. The van der Waals surface area contributed by atoms with E-state index in [0.717, 1.165) is 25.2 Å². The number of piperidine rings is 1. The minimum Gasteiger partial charge on any atom is -0.375 e. The van der Waals surface area contributed by atoms with Crippen LogP contribution in [0.1, 0.15) is 61.3 Å². The van der Waals surface area contributed by atoms with Gasteiger partial charge in [0.2, 0.25) is 11.5 Å². The van der Waals surface area contributed by atoms with Crippen LogP contribution < -0.4 is 10.2 Å². The summed E-state index contributed by atoms with van der Waals surface area (Å²) in [6, 6.07) is 0.381. The van der Waals surface area contributed by atoms with Crippen LogP contribution in [0, 0.1) is 0 Å². The van der Waals surface area contributed by atoms with Crippen LogP contribution in [0.4, 0.5) is 38.0 Å². The van der Waals surface area contributed by atoms with Gasteiger partial charge < -0.3 is 19.9 Å². The van der Waals surface area contributed by atoms with Crippen molar-refractivity contribution in [3.05, 3.63) is 29.6 Å². The number of aliphatic hydroxyl groups is 1. The normalized spacial score (nSPS) is 24.2. The summed E-state index contributed by atoms with van der Waals surface area (Å²) in [6.45, 7) is 0.458. The number of aromatic nitrogens is 4. The van der Waals surface area contributed by atoms with Crippen LogP contribution in [0.2, 0.25) is 0 Å². The fraction of sp³-hybridized carbons (Fsp3) is 0.600. The van der Waals surface area contributed by atoms with E-state index in [0.29, 0.717) is 0 Å². The predicted molar refractivity (Wildman–Crippen MR) is 105 cm³/mol. The molecule has 1 atom stereocenters. The van der Waals surface area contributed by atoms with Crippen molar-refractivity contribution in [3.8, 4) is 0 Å². The third-order valence-electron chi connectivity index (χ3n) is 6.47. The number of anilines is 2. The molecule has 1 aliphatic carbocycles. The van der Waals surface area contributed by atoms with Crippen molar-refractivity contribution in [1.82, 2.24) is 19.5 Å². The second-order valence-corrected chi connectivity index (χ2v) is 8.89. The lowest BCUT2D eigenvalue weighted by Crippen LogP contribution is -2.50. The highest BCUT2D eigenvalue weighted by molar-refractivity contribution is 5.94. The Labute approximate surface area is 189 Å². The smallest absolute Gasteiger partial charge is 0.375 e. The van der Waals surface area contributed by atoms with Gasteiger partial charge in [0.1, 0.15) is 23.0 Å². The molecule has 2 aliphatic heterocycles. The van der Waals surface area contributed by atoms with Crippen molar-refractivity contribution in [2.75, 3.05) is 23.3 Å². The number of nitrogens with zero attached hydrogens (tertiary/aromatic N) is 5. The van der Waals surface area contributed by atoms with Gasteiger partial charge in [-0.25, -0.2) is 15.0 Å². The molecular formula is C20H20F6N6O2. The minimum atomic E-state index is -5.10. The van der Waals surface area contributed by atoms with Crippen LogP contribution in [0.15, 0.2) is 12.4 Å². The van der Waals surface area contributed by atoms with Crippen molar-refractivity contribution in [3.63, 3.8) is 0 Å². The van der Waals surface area contributed by atoms with Gasteiger partial charge >= 0.3 is 12.4 Å². The average Bonchev–Trinajstić information content (AvgIpc) is 3.52. The van der Waals surface area contributed by atoms with E-state index in [1.165, 1.54) is 4.57 Å². The molecule has 2 N–H and O–H groups in total. The van der Waals surface area contributed by atoms with E-state index in [4.69, 9.17) is 0 Å². The van der Waals surface area contributed by atoms with E-state index in [-0.39, 0.29) is 49.3 Å². The molecule has 2 aromatic heterocycles. The molecule has 5 rings (SSSR count). The van der Waals surface area contributed by atoms with Gasteiger partial charge in [-0.15, -0.1) is 0 Å². The van der Waals surface area contributed by atoms with Crippen molar-refractivity contribution in [1.29, 1.82) is 0 Å². The molecule has 0 spiro atoms. The van der Waals surface area contributed by atoms with E-state index in [1.54, 1.807) is 4.90 Å². The molecule has 1 amide bonds. The van der Waals surface area contributed by atoms with Crippen LogP contribution >= 0.6 is 0 Å². The molecule has 2 aromatic rings. The summed E-state index contributed by atoms with van der Waals surface area (Å²) in [7, 11) is 0. The second kappa shape index (κ2) is 7.55. The van der Waals surface area contributed by atoms with E-state index in [1.807, 2.05) is 0 Å². The summed E-state index contributed by atoms with van der Waals surface area (Å²) in [5.74, 6) is -1.15. The van der Waals surface area contributed by atoms with Crippen LogP contribution in [0.25, 0.3) is 0 Å². The lowest BCUT2D eigenvalue weighted by atomic mass is 9.90. The standard InChI is InChI=1S/C20H20F6N6O2/c21-19(22,23)12-7-13(29-16(28-12)10-1-2-10)31-5-3-11(4-6-31)32-9-27-17-15(32)18(34,20(24,25)26)8-14(33)30-17/h7,9-11,34H,1-6,8H2,(H,30,33). The van der Waals surface area contributed by atoms with Gasteiger partial charge in [0.05, 0.1) is 12.7 Å². The number of alkyl halides is 6. The molecular weight excluding hydrogens is 470 g/mol.